The van der Waals surface area contributed by atoms with Crippen molar-refractivity contribution in [1.29, 1.82) is 0 Å². The third-order valence-corrected chi connectivity index (χ3v) is 11.1. The Morgan fingerprint density at radius 3 is 1.04 bits per heavy atom. The molecule has 23 nitrogen and oxygen atoms in total. The van der Waals surface area contributed by atoms with Crippen LogP contribution < -0.4 is 10.6 Å². The predicted octanol–water partition coefficient (Wildman–Crippen LogP) is 11.8. The lowest BCUT2D eigenvalue weighted by atomic mass is 10.1. The van der Waals surface area contributed by atoms with E-state index in [4.69, 9.17) is 25.3 Å². The molecule has 0 saturated carbocycles. The quantitative estimate of drug-likeness (QED) is 0.0654. The molecule has 8 rings (SSSR count). The van der Waals surface area contributed by atoms with Gasteiger partial charge in [0.15, 0.2) is 0 Å². The minimum Gasteiger partial charge on any atom is -0.308 e. The molecule has 364 valence electrons. The van der Waals surface area contributed by atoms with Gasteiger partial charge in [-0.2, -0.15) is 37.3 Å². The summed E-state index contributed by atoms with van der Waals surface area (Å²) < 4.78 is 116. The first-order chi connectivity index (χ1) is 34.3. The van der Waals surface area contributed by atoms with Crippen LogP contribution in [0.25, 0.3) is 21.5 Å². The summed E-state index contributed by atoms with van der Waals surface area (Å²) in [5.74, 6) is 0. The van der Waals surface area contributed by atoms with E-state index < -0.39 is 47.5 Å². The van der Waals surface area contributed by atoms with Crippen LogP contribution >= 0.6 is 0 Å². The fourth-order valence-corrected chi connectivity index (χ4v) is 7.20. The van der Waals surface area contributed by atoms with E-state index in [2.05, 4.69) is 51.5 Å². The topological polar surface area (TPSA) is 351 Å². The zero-order valence-corrected chi connectivity index (χ0v) is 39.5. The van der Waals surface area contributed by atoms with Gasteiger partial charge in [0.05, 0.1) is 55.3 Å². The van der Waals surface area contributed by atoms with Gasteiger partial charge in [0, 0.05) is 32.9 Å². The number of rotatable bonds is 12. The second-order valence-electron chi connectivity index (χ2n) is 14.1. The molecule has 0 aliphatic carbocycles. The Balaban J connectivity index is 0.000000986. The highest BCUT2D eigenvalue weighted by atomic mass is 32.2. The third kappa shape index (κ3) is 15.5. The van der Waals surface area contributed by atoms with Crippen molar-refractivity contribution >= 4 is 126 Å². The first-order valence-corrected chi connectivity index (χ1v) is 24.9. The van der Waals surface area contributed by atoms with Crippen molar-refractivity contribution in [3.63, 3.8) is 0 Å². The second-order valence-corrected chi connectivity index (χ2v) is 17.8. The van der Waals surface area contributed by atoms with Crippen molar-refractivity contribution in [3.8, 4) is 0 Å². The average Bonchev–Trinajstić information content (AvgIpc) is 3.34. The van der Waals surface area contributed by atoms with E-state index in [0.717, 1.165) is 28.6 Å². The normalized spacial score (nSPS) is 11.6. The number of hydrogen-bond acceptors (Lipinski definition) is 19. The van der Waals surface area contributed by atoms with E-state index in [1.165, 1.54) is 36.4 Å². The molecule has 27 heteroatoms. The number of azo groups is 4. The lowest BCUT2D eigenvalue weighted by Crippen LogP contribution is -2.19. The Bertz CT molecular complexity index is 3850. The van der Waals surface area contributed by atoms with Crippen molar-refractivity contribution in [2.45, 2.75) is 9.79 Å². The highest BCUT2D eigenvalue weighted by molar-refractivity contribution is 7.86. The number of fused-ring (bicyclic) bond motifs is 2. The van der Waals surface area contributed by atoms with Crippen molar-refractivity contribution in [2.75, 3.05) is 10.6 Å². The minimum absolute atomic E-state index is 0.212. The molecule has 0 saturated heterocycles. The van der Waals surface area contributed by atoms with Gasteiger partial charge in [-0.25, -0.2) is 4.79 Å². The van der Waals surface area contributed by atoms with Gasteiger partial charge in [-0.15, -0.1) is 45.7 Å². The molecule has 0 aliphatic heterocycles. The first-order valence-electron chi connectivity index (χ1n) is 20.0. The Kier molecular flexibility index (Phi) is 17.5. The SMILES string of the molecule is O=C(Nc1ccc(N=Nc2ccc(N=Nc3ccccc3)c3ccccc23)cc1)Nc1ccc(N=Nc2ccc(N=Nc3ccc(S(=O)(=O)O)cc3)c3cc(S(=O)(=O)O)ccc23)cc1.O=S(=O)=O.O=S(=O)=O. The second kappa shape index (κ2) is 24.0. The molecule has 0 radical (unpaired) electrons. The summed E-state index contributed by atoms with van der Waals surface area (Å²) in [5, 5.41) is 42.6. The first kappa shape index (κ1) is 52.4. The molecule has 0 unspecified atom stereocenters. The van der Waals surface area contributed by atoms with Crippen LogP contribution in [0.1, 0.15) is 0 Å². The summed E-state index contributed by atoms with van der Waals surface area (Å²) in [7, 11) is -15.2. The molecule has 8 aromatic rings. The number of benzene rings is 8. The number of carbonyl (C=O) groups excluding carboxylic acids is 1. The molecule has 0 aromatic heterocycles. The molecule has 0 fully saturated rings. The number of anilines is 2. The van der Waals surface area contributed by atoms with Gasteiger partial charge in [0.25, 0.3) is 20.2 Å². The van der Waals surface area contributed by atoms with Crippen molar-refractivity contribution in [1.82, 2.24) is 0 Å². The molecule has 0 aliphatic rings. The smallest absolute Gasteiger partial charge is 0.308 e. The highest BCUT2D eigenvalue weighted by Crippen LogP contribution is 2.38. The molecule has 2 amide bonds. The van der Waals surface area contributed by atoms with E-state index in [1.54, 1.807) is 54.6 Å². The molecule has 72 heavy (non-hydrogen) atoms. The summed E-state index contributed by atoms with van der Waals surface area (Å²) in [5.41, 5.74) is 4.94. The van der Waals surface area contributed by atoms with E-state index in [0.29, 0.717) is 45.2 Å². The molecule has 4 N–H and O–H groups in total. The number of nitrogens with zero attached hydrogens (tertiary/aromatic N) is 8. The molecule has 0 bridgehead atoms. The maximum absolute atomic E-state index is 12.8. The van der Waals surface area contributed by atoms with Gasteiger partial charge in [-0.3, -0.25) is 9.11 Å². The zero-order valence-electron chi connectivity index (χ0n) is 36.3. The number of carbonyl (C=O) groups is 1. The van der Waals surface area contributed by atoms with E-state index in [9.17, 15) is 30.7 Å². The summed E-state index contributed by atoms with van der Waals surface area (Å²) in [6.07, 6.45) is 0. The van der Waals surface area contributed by atoms with E-state index in [-0.39, 0.29) is 26.6 Å². The fraction of sp³-hybridized carbons (Fsp3) is 0. The number of hydrogen-bond donors (Lipinski definition) is 4. The Morgan fingerprint density at radius 1 is 0.361 bits per heavy atom. The Hall–Kier alpha value is -8.99. The average molecular weight is 1050 g/mol. The summed E-state index contributed by atoms with van der Waals surface area (Å²) >= 11 is 0. The van der Waals surface area contributed by atoms with Crippen molar-refractivity contribution < 1.29 is 56.0 Å². The summed E-state index contributed by atoms with van der Waals surface area (Å²) in [6, 6.07) is 45.8. The maximum atomic E-state index is 12.8. The number of urea groups is 1. The predicted molar refractivity (Wildman–Crippen MR) is 262 cm³/mol. The molecule has 0 heterocycles. The van der Waals surface area contributed by atoms with Gasteiger partial charge in [0.1, 0.15) is 0 Å². The van der Waals surface area contributed by atoms with Crippen LogP contribution in [0.3, 0.4) is 0 Å². The lowest BCUT2D eigenvalue weighted by Gasteiger charge is -2.08. The zero-order chi connectivity index (χ0) is 51.8. The van der Waals surface area contributed by atoms with Crippen molar-refractivity contribution in [2.24, 2.45) is 40.9 Å². The summed E-state index contributed by atoms with van der Waals surface area (Å²) in [6.45, 7) is 0. The van der Waals surface area contributed by atoms with Crippen LogP contribution in [-0.4, -0.2) is 57.2 Å². The highest BCUT2D eigenvalue weighted by Gasteiger charge is 2.15. The third-order valence-electron chi connectivity index (χ3n) is 9.35. The molecule has 8 aromatic carbocycles. The molecular weight excluding hydrogens is 1020 g/mol. The molecular formula is C45H32N10O13S4. The number of nitrogens with one attached hydrogen (secondary N) is 2. The largest absolute Gasteiger partial charge is 0.425 e. The van der Waals surface area contributed by atoms with Crippen LogP contribution in [0.15, 0.2) is 221 Å². The van der Waals surface area contributed by atoms with Gasteiger partial charge < -0.3 is 10.6 Å². The Morgan fingerprint density at radius 2 is 0.667 bits per heavy atom. The van der Waals surface area contributed by atoms with Gasteiger partial charge >= 0.3 is 27.2 Å². The standard InChI is InChI=1S/C45H32N10O7S2.2O3S/c56-45(46-29-10-14-32(15-11-29)49-53-42-25-24-41(37-8-4-5-9-38(37)42)52-48-31-6-2-1-3-7-31)47-30-12-16-33(17-13-30)50-54-43-26-27-44(40-28-36(64(60,61)62)22-23-39(40)43)55-51-34-18-20-35(21-19-34)63(57,58)59;2*1-4(2)3/h1-28H,(H2,46,47,56)(H,57,58,59)(H,60,61,62);;. The van der Waals surface area contributed by atoms with Gasteiger partial charge in [-0.05, 0) is 121 Å². The van der Waals surface area contributed by atoms with Crippen LogP contribution in [0.2, 0.25) is 0 Å². The van der Waals surface area contributed by atoms with Crippen LogP contribution in [-0.2, 0) is 41.5 Å². The summed E-state index contributed by atoms with van der Waals surface area (Å²) in [4.78, 5) is 12.1. The van der Waals surface area contributed by atoms with Crippen molar-refractivity contribution in [3.05, 3.63) is 170 Å². The lowest BCUT2D eigenvalue weighted by molar-refractivity contribution is 0.262. The maximum Gasteiger partial charge on any atom is 0.425 e. The molecule has 0 spiro atoms. The van der Waals surface area contributed by atoms with Crippen LogP contribution in [0, 0.1) is 0 Å². The van der Waals surface area contributed by atoms with Gasteiger partial charge in [-0.1, -0.05) is 48.5 Å². The fourth-order valence-electron chi connectivity index (χ4n) is 6.21. The van der Waals surface area contributed by atoms with E-state index in [1.807, 2.05) is 66.7 Å². The monoisotopic (exact) mass is 1050 g/mol. The molecule has 0 atom stereocenters. The van der Waals surface area contributed by atoms with Gasteiger partial charge in [0.2, 0.25) is 0 Å². The Labute approximate surface area is 411 Å². The van der Waals surface area contributed by atoms with Crippen LogP contribution in [0.4, 0.5) is 61.7 Å². The van der Waals surface area contributed by atoms with E-state index >= 15 is 0 Å². The number of amides is 2. The minimum atomic E-state index is -4.58. The van der Waals surface area contributed by atoms with Crippen LogP contribution in [0.5, 0.6) is 0 Å².